The molecule has 0 bridgehead atoms. The van der Waals surface area contributed by atoms with Gasteiger partial charge in [-0.05, 0) is 30.9 Å². The fraction of sp³-hybridized carbons (Fsp3) is 0.350. The maximum atomic E-state index is 14.4. The molecule has 0 N–H and O–H groups in total. The van der Waals surface area contributed by atoms with Crippen LogP contribution in [0, 0.1) is 5.82 Å². The van der Waals surface area contributed by atoms with Gasteiger partial charge < -0.3 is 9.80 Å². The van der Waals surface area contributed by atoms with E-state index in [0.29, 0.717) is 24.2 Å². The van der Waals surface area contributed by atoms with E-state index in [0.717, 1.165) is 19.3 Å². The van der Waals surface area contributed by atoms with Crippen LogP contribution in [-0.4, -0.2) is 45.7 Å². The Hall–Kier alpha value is -2.76. The van der Waals surface area contributed by atoms with E-state index in [4.69, 9.17) is 0 Å². The Balaban J connectivity index is 1.47. The lowest BCUT2D eigenvalue weighted by atomic mass is 9.91. The lowest BCUT2D eigenvalue weighted by molar-refractivity contribution is -0.159. The highest BCUT2D eigenvalue weighted by molar-refractivity contribution is 6.35. The molecule has 1 aliphatic heterocycles. The topological polar surface area (TPSA) is 53.5 Å². The van der Waals surface area contributed by atoms with E-state index >= 15 is 0 Å². The Morgan fingerprint density at radius 2 is 1.85 bits per heavy atom. The van der Waals surface area contributed by atoms with Gasteiger partial charge in [-0.25, -0.2) is 4.39 Å². The largest absolute Gasteiger partial charge is 0.330 e. The van der Waals surface area contributed by atoms with Gasteiger partial charge in [-0.3, -0.25) is 14.6 Å². The monoisotopic (exact) mass is 353 g/mol. The maximum absolute atomic E-state index is 14.4. The van der Waals surface area contributed by atoms with Crippen LogP contribution in [0.25, 0.3) is 11.3 Å². The van der Waals surface area contributed by atoms with Crippen molar-refractivity contribution in [2.75, 3.05) is 13.1 Å². The Bertz CT molecular complexity index is 836. The number of amides is 2. The third-order valence-electron chi connectivity index (χ3n) is 5.18. The Labute approximate surface area is 151 Å². The molecule has 2 aromatic rings. The molecule has 4 rings (SSSR count). The number of benzene rings is 1. The fourth-order valence-corrected chi connectivity index (χ4v) is 3.48. The van der Waals surface area contributed by atoms with Crippen molar-refractivity contribution in [3.63, 3.8) is 0 Å². The summed E-state index contributed by atoms with van der Waals surface area (Å²) in [6.45, 7) is 1.22. The van der Waals surface area contributed by atoms with E-state index in [1.165, 1.54) is 11.0 Å². The van der Waals surface area contributed by atoms with Crippen molar-refractivity contribution in [3.05, 3.63) is 54.0 Å². The van der Waals surface area contributed by atoms with E-state index in [1.807, 2.05) is 18.2 Å². The third kappa shape index (κ3) is 3.07. The van der Waals surface area contributed by atoms with E-state index < -0.39 is 17.6 Å². The molecule has 6 heteroatoms. The van der Waals surface area contributed by atoms with Crippen molar-refractivity contribution >= 4 is 11.8 Å². The highest BCUT2D eigenvalue weighted by Gasteiger charge is 2.38. The van der Waals surface area contributed by atoms with Gasteiger partial charge in [0, 0.05) is 37.4 Å². The van der Waals surface area contributed by atoms with Gasteiger partial charge in [0.25, 0.3) is 0 Å². The molecular formula is C20H20FN3O2. The first-order chi connectivity index (χ1) is 12.6. The second-order valence-electron chi connectivity index (χ2n) is 6.85. The number of piperazine rings is 1. The van der Waals surface area contributed by atoms with Crippen LogP contribution >= 0.6 is 0 Å². The highest BCUT2D eigenvalue weighted by atomic mass is 19.1. The zero-order chi connectivity index (χ0) is 18.1. The van der Waals surface area contributed by atoms with Crippen LogP contribution in [0.2, 0.25) is 0 Å². The van der Waals surface area contributed by atoms with Crippen LogP contribution in [0.3, 0.4) is 0 Å². The quantitative estimate of drug-likeness (QED) is 0.794. The number of rotatable bonds is 4. The van der Waals surface area contributed by atoms with Gasteiger partial charge in [-0.1, -0.05) is 30.3 Å². The summed E-state index contributed by atoms with van der Waals surface area (Å²) in [5.74, 6) is -1.37. The van der Waals surface area contributed by atoms with Crippen molar-refractivity contribution in [1.29, 1.82) is 0 Å². The number of carbonyl (C=O) groups is 2. The first-order valence-electron chi connectivity index (χ1n) is 8.93. The zero-order valence-corrected chi connectivity index (χ0v) is 14.4. The van der Waals surface area contributed by atoms with Crippen molar-refractivity contribution in [2.45, 2.75) is 31.8 Å². The molecule has 2 fully saturated rings. The van der Waals surface area contributed by atoms with Gasteiger partial charge in [0.15, 0.2) is 0 Å². The van der Waals surface area contributed by atoms with Crippen LogP contribution in [0.15, 0.2) is 42.6 Å². The molecule has 2 amide bonds. The SMILES string of the molecule is O=C1C(=O)N(C2CCC2)CCN1Cc1cnc(-c2ccccc2)c(F)c1. The lowest BCUT2D eigenvalue weighted by Crippen LogP contribution is -2.58. The second-order valence-corrected chi connectivity index (χ2v) is 6.85. The van der Waals surface area contributed by atoms with Crippen molar-refractivity contribution in [2.24, 2.45) is 0 Å². The average molecular weight is 353 g/mol. The molecule has 1 aromatic carbocycles. The van der Waals surface area contributed by atoms with Crippen LogP contribution < -0.4 is 0 Å². The van der Waals surface area contributed by atoms with Gasteiger partial charge >= 0.3 is 11.8 Å². The molecule has 1 aliphatic carbocycles. The molecule has 5 nitrogen and oxygen atoms in total. The number of hydrogen-bond acceptors (Lipinski definition) is 3. The smallest absolute Gasteiger partial charge is 0.312 e. The molecule has 0 unspecified atom stereocenters. The van der Waals surface area contributed by atoms with Crippen molar-refractivity contribution in [3.8, 4) is 11.3 Å². The van der Waals surface area contributed by atoms with Crippen molar-refractivity contribution < 1.29 is 14.0 Å². The molecular weight excluding hydrogens is 333 g/mol. The third-order valence-corrected chi connectivity index (χ3v) is 5.18. The summed E-state index contributed by atoms with van der Waals surface area (Å²) in [5, 5.41) is 0. The summed E-state index contributed by atoms with van der Waals surface area (Å²) in [4.78, 5) is 32.1. The normalized spacial score (nSPS) is 18.2. The Morgan fingerprint density at radius 3 is 2.50 bits per heavy atom. The van der Waals surface area contributed by atoms with Gasteiger partial charge in [0.1, 0.15) is 11.5 Å². The zero-order valence-electron chi connectivity index (χ0n) is 14.4. The van der Waals surface area contributed by atoms with Crippen LogP contribution in [0.1, 0.15) is 24.8 Å². The van der Waals surface area contributed by atoms with E-state index in [-0.39, 0.29) is 18.3 Å². The first-order valence-corrected chi connectivity index (χ1v) is 8.93. The highest BCUT2D eigenvalue weighted by Crippen LogP contribution is 2.27. The summed E-state index contributed by atoms with van der Waals surface area (Å²) in [5.41, 5.74) is 1.57. The molecule has 2 heterocycles. The second kappa shape index (κ2) is 6.86. The van der Waals surface area contributed by atoms with E-state index in [2.05, 4.69) is 4.98 Å². The molecule has 134 valence electrons. The molecule has 2 aliphatic rings. The Morgan fingerprint density at radius 1 is 1.08 bits per heavy atom. The number of aromatic nitrogens is 1. The summed E-state index contributed by atoms with van der Waals surface area (Å²) < 4.78 is 14.4. The van der Waals surface area contributed by atoms with Crippen LogP contribution in [0.5, 0.6) is 0 Å². The fourth-order valence-electron chi connectivity index (χ4n) is 3.48. The molecule has 1 saturated heterocycles. The van der Waals surface area contributed by atoms with E-state index in [1.54, 1.807) is 23.2 Å². The first kappa shape index (κ1) is 16.7. The Kier molecular flexibility index (Phi) is 4.41. The average Bonchev–Trinajstić information content (AvgIpc) is 2.61. The molecule has 1 aromatic heterocycles. The number of halogens is 1. The summed E-state index contributed by atoms with van der Waals surface area (Å²) in [7, 11) is 0. The minimum absolute atomic E-state index is 0.196. The molecule has 0 atom stereocenters. The number of pyridine rings is 1. The molecule has 0 radical (unpaired) electrons. The molecule has 26 heavy (non-hydrogen) atoms. The minimum Gasteiger partial charge on any atom is -0.330 e. The number of nitrogens with zero attached hydrogens (tertiary/aromatic N) is 3. The van der Waals surface area contributed by atoms with E-state index in [9.17, 15) is 14.0 Å². The predicted molar refractivity (Wildman–Crippen MR) is 94.4 cm³/mol. The molecule has 1 saturated carbocycles. The van der Waals surface area contributed by atoms with Crippen molar-refractivity contribution in [1.82, 2.24) is 14.8 Å². The molecule has 0 spiro atoms. The van der Waals surface area contributed by atoms with Gasteiger partial charge in [0.05, 0.1) is 0 Å². The summed E-state index contributed by atoms with van der Waals surface area (Å²) >= 11 is 0. The predicted octanol–water partition coefficient (Wildman–Crippen LogP) is 2.61. The number of carbonyl (C=O) groups excluding carboxylic acids is 2. The number of hydrogen-bond donors (Lipinski definition) is 0. The van der Waals surface area contributed by atoms with Gasteiger partial charge in [-0.15, -0.1) is 0 Å². The summed E-state index contributed by atoms with van der Waals surface area (Å²) in [6, 6.07) is 10.7. The van der Waals surface area contributed by atoms with Crippen LogP contribution in [-0.2, 0) is 16.1 Å². The standard InChI is InChI=1S/C20H20FN3O2/c21-17-11-14(12-22-18(17)15-5-2-1-3-6-15)13-23-9-10-24(16-7-4-8-16)20(26)19(23)25/h1-3,5-6,11-12,16H,4,7-10,13H2. The minimum atomic E-state index is -0.504. The lowest BCUT2D eigenvalue weighted by Gasteiger charge is -2.42. The van der Waals surface area contributed by atoms with Crippen LogP contribution in [0.4, 0.5) is 4.39 Å². The maximum Gasteiger partial charge on any atom is 0.312 e. The van der Waals surface area contributed by atoms with Gasteiger partial charge in [-0.2, -0.15) is 0 Å². The van der Waals surface area contributed by atoms with Gasteiger partial charge in [0.2, 0.25) is 0 Å². The summed E-state index contributed by atoms with van der Waals surface area (Å²) in [6.07, 6.45) is 4.65.